The van der Waals surface area contributed by atoms with Crippen LogP contribution in [0.25, 0.3) is 0 Å². The third-order valence-corrected chi connectivity index (χ3v) is 3.37. The van der Waals surface area contributed by atoms with Gasteiger partial charge in [-0.1, -0.05) is 23.7 Å². The molecule has 1 amide bonds. The second kappa shape index (κ2) is 7.09. The molecule has 0 aliphatic carbocycles. The van der Waals surface area contributed by atoms with Crippen LogP contribution in [0.3, 0.4) is 0 Å². The zero-order chi connectivity index (χ0) is 17.9. The quantitative estimate of drug-likeness (QED) is 0.789. The molecule has 128 valence electrons. The SMILES string of the molecule is CC(NC(=O)c1ccc(Cl)cc1F)c1ccc(OC(F)(F)F)cc1. The van der Waals surface area contributed by atoms with Crippen molar-refractivity contribution in [1.29, 1.82) is 0 Å². The van der Waals surface area contributed by atoms with Crippen molar-refractivity contribution in [1.82, 2.24) is 5.32 Å². The zero-order valence-corrected chi connectivity index (χ0v) is 13.1. The van der Waals surface area contributed by atoms with E-state index in [9.17, 15) is 22.4 Å². The van der Waals surface area contributed by atoms with Gasteiger partial charge in [-0.05, 0) is 42.8 Å². The Morgan fingerprint density at radius 3 is 2.33 bits per heavy atom. The maximum Gasteiger partial charge on any atom is 0.573 e. The number of carbonyl (C=O) groups is 1. The minimum atomic E-state index is -4.77. The molecule has 0 spiro atoms. The molecule has 0 bridgehead atoms. The lowest BCUT2D eigenvalue weighted by Crippen LogP contribution is -2.27. The van der Waals surface area contributed by atoms with E-state index in [0.29, 0.717) is 5.56 Å². The van der Waals surface area contributed by atoms with Crippen molar-refractivity contribution in [3.63, 3.8) is 0 Å². The van der Waals surface area contributed by atoms with E-state index in [1.165, 1.54) is 24.3 Å². The summed E-state index contributed by atoms with van der Waals surface area (Å²) < 4.78 is 53.8. The van der Waals surface area contributed by atoms with E-state index in [-0.39, 0.29) is 16.3 Å². The van der Waals surface area contributed by atoms with Gasteiger partial charge in [-0.25, -0.2) is 4.39 Å². The standard InChI is InChI=1S/C16H12ClF4NO2/c1-9(10-2-5-12(6-3-10)24-16(19,20)21)22-15(23)13-7-4-11(17)8-14(13)18/h2-9H,1H3,(H,22,23). The average molecular weight is 362 g/mol. The van der Waals surface area contributed by atoms with Crippen molar-refractivity contribution in [2.75, 3.05) is 0 Å². The van der Waals surface area contributed by atoms with Crippen LogP contribution in [0.2, 0.25) is 5.02 Å². The van der Waals surface area contributed by atoms with Crippen LogP contribution >= 0.6 is 11.6 Å². The Morgan fingerprint density at radius 2 is 1.79 bits per heavy atom. The fourth-order valence-electron chi connectivity index (χ4n) is 1.99. The lowest BCUT2D eigenvalue weighted by molar-refractivity contribution is -0.274. The largest absolute Gasteiger partial charge is 0.573 e. The second-order valence-corrected chi connectivity index (χ2v) is 5.37. The molecule has 2 aromatic carbocycles. The van der Waals surface area contributed by atoms with Gasteiger partial charge in [0.05, 0.1) is 11.6 Å². The molecule has 0 fully saturated rings. The highest BCUT2D eigenvalue weighted by Crippen LogP contribution is 2.24. The molecule has 0 saturated heterocycles. The van der Waals surface area contributed by atoms with Gasteiger partial charge < -0.3 is 10.1 Å². The van der Waals surface area contributed by atoms with Gasteiger partial charge in [-0.2, -0.15) is 0 Å². The minimum Gasteiger partial charge on any atom is -0.406 e. The van der Waals surface area contributed by atoms with Crippen LogP contribution in [-0.2, 0) is 0 Å². The average Bonchev–Trinajstić information content (AvgIpc) is 2.45. The molecule has 24 heavy (non-hydrogen) atoms. The Labute approximate surface area is 140 Å². The van der Waals surface area contributed by atoms with Crippen LogP contribution in [0.15, 0.2) is 42.5 Å². The Kier molecular flexibility index (Phi) is 5.33. The number of hydrogen-bond acceptors (Lipinski definition) is 2. The predicted octanol–water partition coefficient (Wildman–Crippen LogP) is 4.87. The van der Waals surface area contributed by atoms with E-state index in [2.05, 4.69) is 10.1 Å². The summed E-state index contributed by atoms with van der Waals surface area (Å²) in [6, 6.07) is 8.13. The Hall–Kier alpha value is -2.28. The van der Waals surface area contributed by atoms with E-state index in [1.807, 2.05) is 0 Å². The molecule has 0 aliphatic heterocycles. The fraction of sp³-hybridized carbons (Fsp3) is 0.188. The van der Waals surface area contributed by atoms with Crippen LogP contribution in [0.5, 0.6) is 5.75 Å². The van der Waals surface area contributed by atoms with Crippen LogP contribution in [0.4, 0.5) is 17.6 Å². The number of benzene rings is 2. The summed E-state index contributed by atoms with van der Waals surface area (Å²) in [4.78, 5) is 12.0. The highest BCUT2D eigenvalue weighted by molar-refractivity contribution is 6.30. The van der Waals surface area contributed by atoms with Crippen LogP contribution in [-0.4, -0.2) is 12.3 Å². The van der Waals surface area contributed by atoms with Gasteiger partial charge in [0, 0.05) is 5.02 Å². The molecule has 1 atom stereocenters. The maximum atomic E-state index is 13.7. The second-order valence-electron chi connectivity index (χ2n) is 4.94. The number of ether oxygens (including phenoxy) is 1. The molecule has 2 rings (SSSR count). The Morgan fingerprint density at radius 1 is 1.17 bits per heavy atom. The van der Waals surface area contributed by atoms with Gasteiger partial charge >= 0.3 is 6.36 Å². The first-order chi connectivity index (χ1) is 11.2. The van der Waals surface area contributed by atoms with Crippen molar-refractivity contribution in [2.24, 2.45) is 0 Å². The molecule has 8 heteroatoms. The van der Waals surface area contributed by atoms with Gasteiger partial charge in [0.25, 0.3) is 5.91 Å². The first kappa shape index (κ1) is 18.1. The van der Waals surface area contributed by atoms with E-state index in [0.717, 1.165) is 18.2 Å². The van der Waals surface area contributed by atoms with Gasteiger partial charge in [0.2, 0.25) is 0 Å². The first-order valence-corrected chi connectivity index (χ1v) is 7.15. The summed E-state index contributed by atoms with van der Waals surface area (Å²) in [7, 11) is 0. The molecule has 0 aliphatic rings. The van der Waals surface area contributed by atoms with Crippen molar-refractivity contribution in [3.05, 3.63) is 64.4 Å². The number of hydrogen-bond donors (Lipinski definition) is 1. The highest BCUT2D eigenvalue weighted by atomic mass is 35.5. The monoisotopic (exact) mass is 361 g/mol. The number of rotatable bonds is 4. The number of carbonyl (C=O) groups excluding carboxylic acids is 1. The minimum absolute atomic E-state index is 0.164. The fourth-order valence-corrected chi connectivity index (χ4v) is 2.15. The number of alkyl halides is 3. The van der Waals surface area contributed by atoms with E-state index >= 15 is 0 Å². The molecule has 3 nitrogen and oxygen atoms in total. The summed E-state index contributed by atoms with van der Waals surface area (Å²) in [5.74, 6) is -1.79. The van der Waals surface area contributed by atoms with Gasteiger partial charge in [-0.15, -0.1) is 13.2 Å². The van der Waals surface area contributed by atoms with Gasteiger partial charge in [0.15, 0.2) is 0 Å². The zero-order valence-electron chi connectivity index (χ0n) is 12.3. The predicted molar refractivity (Wildman–Crippen MR) is 80.4 cm³/mol. The normalized spacial score (nSPS) is 12.6. The number of halogens is 5. The summed E-state index contributed by atoms with van der Waals surface area (Å²) >= 11 is 5.62. The molecule has 0 saturated carbocycles. The topological polar surface area (TPSA) is 38.3 Å². The number of nitrogens with one attached hydrogen (secondary N) is 1. The molecule has 1 N–H and O–H groups in total. The van der Waals surface area contributed by atoms with Crippen LogP contribution < -0.4 is 10.1 Å². The molecule has 0 heterocycles. The summed E-state index contributed by atoms with van der Waals surface area (Å²) in [6.45, 7) is 1.62. The van der Waals surface area contributed by atoms with Gasteiger partial charge in [-0.3, -0.25) is 4.79 Å². The molecular formula is C16H12ClF4NO2. The summed E-state index contributed by atoms with van der Waals surface area (Å²) in [5, 5.41) is 2.72. The number of amides is 1. The smallest absolute Gasteiger partial charge is 0.406 e. The van der Waals surface area contributed by atoms with E-state index in [4.69, 9.17) is 11.6 Å². The molecule has 0 aromatic heterocycles. The van der Waals surface area contributed by atoms with E-state index in [1.54, 1.807) is 6.92 Å². The first-order valence-electron chi connectivity index (χ1n) is 6.77. The third-order valence-electron chi connectivity index (χ3n) is 3.14. The molecule has 0 radical (unpaired) electrons. The van der Waals surface area contributed by atoms with Crippen molar-refractivity contribution < 1.29 is 27.1 Å². The Balaban J connectivity index is 2.06. The molecule has 2 aromatic rings. The van der Waals surface area contributed by atoms with Crippen molar-refractivity contribution in [2.45, 2.75) is 19.3 Å². The van der Waals surface area contributed by atoms with Gasteiger partial charge in [0.1, 0.15) is 11.6 Å². The lowest BCUT2D eigenvalue weighted by atomic mass is 10.1. The maximum absolute atomic E-state index is 13.7. The Bertz CT molecular complexity index is 732. The van der Waals surface area contributed by atoms with Crippen molar-refractivity contribution in [3.8, 4) is 5.75 Å². The highest BCUT2D eigenvalue weighted by Gasteiger charge is 2.31. The van der Waals surface area contributed by atoms with Crippen LogP contribution in [0.1, 0.15) is 28.9 Å². The van der Waals surface area contributed by atoms with Crippen molar-refractivity contribution >= 4 is 17.5 Å². The lowest BCUT2D eigenvalue weighted by Gasteiger charge is -2.16. The third kappa shape index (κ3) is 4.86. The van der Waals surface area contributed by atoms with Crippen LogP contribution in [0, 0.1) is 5.82 Å². The molecule has 1 unspecified atom stereocenters. The molecular weight excluding hydrogens is 350 g/mol. The summed E-state index contributed by atoms with van der Waals surface area (Å²) in [5.41, 5.74) is 0.357. The van der Waals surface area contributed by atoms with E-state index < -0.39 is 24.1 Å². The summed E-state index contributed by atoms with van der Waals surface area (Å²) in [6.07, 6.45) is -4.77.